The summed E-state index contributed by atoms with van der Waals surface area (Å²) in [5, 5.41) is 0. The Bertz CT molecular complexity index is 839. The number of carbonyl (C=O) groups is 2. The fourth-order valence-electron chi connectivity index (χ4n) is 3.02. The van der Waals surface area contributed by atoms with E-state index in [9.17, 15) is 9.59 Å². The third-order valence-electron chi connectivity index (χ3n) is 4.47. The minimum atomic E-state index is -0.0621. The summed E-state index contributed by atoms with van der Waals surface area (Å²) >= 11 is 0. The normalized spacial score (nSPS) is 15.3. The maximum absolute atomic E-state index is 12.4. The Morgan fingerprint density at radius 1 is 1.27 bits per heavy atom. The van der Waals surface area contributed by atoms with Crippen LogP contribution in [-0.4, -0.2) is 46.3 Å². The Kier molecular flexibility index (Phi) is 5.51. The summed E-state index contributed by atoms with van der Waals surface area (Å²) in [6, 6.07) is 5.76. The van der Waals surface area contributed by atoms with Crippen LogP contribution in [0.5, 0.6) is 5.75 Å². The van der Waals surface area contributed by atoms with Crippen LogP contribution in [0.15, 0.2) is 36.8 Å². The molecule has 2 aromatic rings. The standard InChI is InChI=1S/C20H23N3O3/c1-15-13-23(14-21-15)18-7-5-16(12-19(18)26-2)6-8-20(25)22-10-3-4-17(24)9-11-22/h5-8,12-14H,3-4,9-11H2,1-2H3. The van der Waals surface area contributed by atoms with Gasteiger partial charge in [-0.3, -0.25) is 9.59 Å². The monoisotopic (exact) mass is 353 g/mol. The highest BCUT2D eigenvalue weighted by Crippen LogP contribution is 2.25. The number of ether oxygens (including phenoxy) is 1. The Labute approximate surface area is 153 Å². The first-order chi connectivity index (χ1) is 12.6. The van der Waals surface area contributed by atoms with E-state index in [-0.39, 0.29) is 11.7 Å². The van der Waals surface area contributed by atoms with E-state index in [0.717, 1.165) is 23.4 Å². The Balaban J connectivity index is 1.74. The number of benzene rings is 1. The summed E-state index contributed by atoms with van der Waals surface area (Å²) < 4.78 is 7.39. The van der Waals surface area contributed by atoms with Crippen LogP contribution in [0, 0.1) is 6.92 Å². The highest BCUT2D eigenvalue weighted by atomic mass is 16.5. The van der Waals surface area contributed by atoms with Gasteiger partial charge in [0, 0.05) is 38.2 Å². The van der Waals surface area contributed by atoms with Gasteiger partial charge in [-0.2, -0.15) is 0 Å². The molecule has 1 saturated heterocycles. The molecule has 0 spiro atoms. The van der Waals surface area contributed by atoms with Crippen LogP contribution in [-0.2, 0) is 9.59 Å². The molecule has 0 unspecified atom stereocenters. The summed E-state index contributed by atoms with van der Waals surface area (Å²) in [4.78, 5) is 29.8. The third kappa shape index (κ3) is 4.20. The van der Waals surface area contributed by atoms with Crippen molar-refractivity contribution >= 4 is 17.8 Å². The molecule has 6 nitrogen and oxygen atoms in total. The fourth-order valence-corrected chi connectivity index (χ4v) is 3.02. The lowest BCUT2D eigenvalue weighted by Crippen LogP contribution is -2.30. The quantitative estimate of drug-likeness (QED) is 0.793. The van der Waals surface area contributed by atoms with Crippen LogP contribution in [0.25, 0.3) is 11.8 Å². The number of amides is 1. The van der Waals surface area contributed by atoms with Gasteiger partial charge in [0.05, 0.1) is 24.8 Å². The molecule has 1 aromatic carbocycles. The third-order valence-corrected chi connectivity index (χ3v) is 4.47. The lowest BCUT2D eigenvalue weighted by atomic mass is 10.1. The molecule has 1 aromatic heterocycles. The van der Waals surface area contributed by atoms with Crippen molar-refractivity contribution in [3.63, 3.8) is 0 Å². The molecule has 2 heterocycles. The van der Waals surface area contributed by atoms with Crippen LogP contribution >= 0.6 is 0 Å². The summed E-state index contributed by atoms with van der Waals surface area (Å²) in [5.41, 5.74) is 2.70. The first-order valence-electron chi connectivity index (χ1n) is 8.74. The van der Waals surface area contributed by atoms with E-state index in [1.807, 2.05) is 35.9 Å². The molecule has 136 valence electrons. The zero-order valence-corrected chi connectivity index (χ0v) is 15.1. The Morgan fingerprint density at radius 2 is 2.12 bits per heavy atom. The van der Waals surface area contributed by atoms with Gasteiger partial charge in [0.1, 0.15) is 11.5 Å². The van der Waals surface area contributed by atoms with Gasteiger partial charge < -0.3 is 14.2 Å². The summed E-state index contributed by atoms with van der Waals surface area (Å²) in [7, 11) is 1.62. The van der Waals surface area contributed by atoms with Crippen LogP contribution in [0.4, 0.5) is 0 Å². The topological polar surface area (TPSA) is 64.4 Å². The molecule has 3 rings (SSSR count). The van der Waals surface area contributed by atoms with Crippen LogP contribution < -0.4 is 4.74 Å². The second-order valence-corrected chi connectivity index (χ2v) is 6.40. The van der Waals surface area contributed by atoms with E-state index < -0.39 is 0 Å². The molecule has 26 heavy (non-hydrogen) atoms. The maximum Gasteiger partial charge on any atom is 0.246 e. The average molecular weight is 353 g/mol. The maximum atomic E-state index is 12.4. The number of hydrogen-bond acceptors (Lipinski definition) is 4. The van der Waals surface area contributed by atoms with Gasteiger partial charge in [-0.15, -0.1) is 0 Å². The van der Waals surface area contributed by atoms with Crippen molar-refractivity contribution < 1.29 is 14.3 Å². The fraction of sp³-hybridized carbons (Fsp3) is 0.350. The lowest BCUT2D eigenvalue weighted by Gasteiger charge is -2.17. The van der Waals surface area contributed by atoms with Crippen molar-refractivity contribution in [3.8, 4) is 11.4 Å². The molecule has 1 aliphatic heterocycles. The van der Waals surface area contributed by atoms with Crippen molar-refractivity contribution in [2.75, 3.05) is 20.2 Å². The van der Waals surface area contributed by atoms with Gasteiger partial charge in [0.2, 0.25) is 5.91 Å². The van der Waals surface area contributed by atoms with Crippen LogP contribution in [0.3, 0.4) is 0 Å². The van der Waals surface area contributed by atoms with Gasteiger partial charge in [0.15, 0.2) is 0 Å². The molecule has 0 saturated carbocycles. The van der Waals surface area contributed by atoms with Gasteiger partial charge in [0.25, 0.3) is 0 Å². The first-order valence-corrected chi connectivity index (χ1v) is 8.74. The number of likely N-dealkylation sites (tertiary alicyclic amines) is 1. The van der Waals surface area contributed by atoms with E-state index >= 15 is 0 Å². The van der Waals surface area contributed by atoms with E-state index in [1.54, 1.807) is 30.5 Å². The zero-order valence-electron chi connectivity index (χ0n) is 15.1. The SMILES string of the molecule is COc1cc(C=CC(=O)N2CCCC(=O)CC2)ccc1-n1cnc(C)c1. The number of methoxy groups -OCH3 is 1. The number of rotatable bonds is 4. The summed E-state index contributed by atoms with van der Waals surface area (Å²) in [6.45, 7) is 3.07. The molecule has 1 aliphatic rings. The number of imidazole rings is 1. The number of Topliss-reactive ketones (excluding diaryl/α,β-unsaturated/α-hetero) is 1. The molecular formula is C20H23N3O3. The summed E-state index contributed by atoms with van der Waals surface area (Å²) in [6.07, 6.45) is 8.77. The van der Waals surface area contributed by atoms with Gasteiger partial charge in [-0.05, 0) is 37.1 Å². The molecule has 1 fully saturated rings. The molecule has 0 aliphatic carbocycles. The van der Waals surface area contributed by atoms with E-state index in [4.69, 9.17) is 4.74 Å². The molecule has 1 amide bonds. The van der Waals surface area contributed by atoms with Crippen molar-refractivity contribution in [1.82, 2.24) is 14.5 Å². The predicted molar refractivity (Wildman–Crippen MR) is 99.3 cm³/mol. The van der Waals surface area contributed by atoms with Crippen LogP contribution in [0.2, 0.25) is 0 Å². The number of carbonyl (C=O) groups excluding carboxylic acids is 2. The van der Waals surface area contributed by atoms with Crippen molar-refractivity contribution in [3.05, 3.63) is 48.1 Å². The smallest absolute Gasteiger partial charge is 0.246 e. The number of ketones is 1. The average Bonchev–Trinajstić information content (AvgIpc) is 2.95. The zero-order chi connectivity index (χ0) is 18.5. The number of hydrogen-bond donors (Lipinski definition) is 0. The number of aryl methyl sites for hydroxylation is 1. The molecule has 0 atom stereocenters. The predicted octanol–water partition coefficient (Wildman–Crippen LogP) is 2.78. The highest BCUT2D eigenvalue weighted by molar-refractivity contribution is 5.92. The molecule has 0 radical (unpaired) electrons. The van der Waals surface area contributed by atoms with E-state index in [2.05, 4.69) is 4.98 Å². The molecule has 0 N–H and O–H groups in total. The Morgan fingerprint density at radius 3 is 2.85 bits per heavy atom. The molecule has 6 heteroatoms. The van der Waals surface area contributed by atoms with Gasteiger partial charge in [-0.25, -0.2) is 4.98 Å². The second kappa shape index (κ2) is 7.99. The molecule has 0 bridgehead atoms. The Hall–Kier alpha value is -2.89. The van der Waals surface area contributed by atoms with Crippen molar-refractivity contribution in [1.29, 1.82) is 0 Å². The van der Waals surface area contributed by atoms with Crippen LogP contribution in [0.1, 0.15) is 30.5 Å². The van der Waals surface area contributed by atoms with Crippen molar-refractivity contribution in [2.24, 2.45) is 0 Å². The summed E-state index contributed by atoms with van der Waals surface area (Å²) in [5.74, 6) is 0.879. The number of nitrogens with zero attached hydrogens (tertiary/aromatic N) is 3. The van der Waals surface area contributed by atoms with Crippen molar-refractivity contribution in [2.45, 2.75) is 26.2 Å². The van der Waals surface area contributed by atoms with E-state index in [0.29, 0.717) is 31.7 Å². The second-order valence-electron chi connectivity index (χ2n) is 6.40. The van der Waals surface area contributed by atoms with E-state index in [1.165, 1.54) is 0 Å². The largest absolute Gasteiger partial charge is 0.495 e. The minimum Gasteiger partial charge on any atom is -0.495 e. The van der Waals surface area contributed by atoms with Gasteiger partial charge >= 0.3 is 0 Å². The van der Waals surface area contributed by atoms with Gasteiger partial charge in [-0.1, -0.05) is 6.07 Å². The highest BCUT2D eigenvalue weighted by Gasteiger charge is 2.16. The number of aromatic nitrogens is 2. The minimum absolute atomic E-state index is 0.0621. The first kappa shape index (κ1) is 17.9. The lowest BCUT2D eigenvalue weighted by molar-refractivity contribution is -0.126. The molecular weight excluding hydrogens is 330 g/mol.